The van der Waals surface area contributed by atoms with Crippen LogP contribution in [0.2, 0.25) is 0 Å². The molecule has 0 aromatic heterocycles. The van der Waals surface area contributed by atoms with Crippen LogP contribution in [0.5, 0.6) is 0 Å². The number of nitrogens with one attached hydrogen (secondary N) is 1. The number of halogens is 2. The second kappa shape index (κ2) is 5.41. The van der Waals surface area contributed by atoms with E-state index in [2.05, 4.69) is 26.1 Å². The van der Waals surface area contributed by atoms with Crippen LogP contribution in [-0.4, -0.2) is 25.2 Å². The maximum absolute atomic E-state index is 14.2. The minimum Gasteiger partial charge on any atom is -0.362 e. The molecule has 2 saturated heterocycles. The first-order valence-electron chi connectivity index (χ1n) is 7.10. The van der Waals surface area contributed by atoms with Crippen LogP contribution in [0, 0.1) is 5.82 Å². The van der Waals surface area contributed by atoms with E-state index in [0.717, 1.165) is 23.0 Å². The fraction of sp³-hybridized carbons (Fsp3) is 0.600. The largest absolute Gasteiger partial charge is 0.362 e. The molecule has 2 unspecified atom stereocenters. The first kappa shape index (κ1) is 13.4. The lowest BCUT2D eigenvalue weighted by atomic mass is 9.81. The monoisotopic (exact) mass is 326 g/mol. The molecule has 104 valence electrons. The summed E-state index contributed by atoms with van der Waals surface area (Å²) in [4.78, 5) is 2.34. The summed E-state index contributed by atoms with van der Waals surface area (Å²) in [6.45, 7) is 0. The number of anilines is 1. The Bertz CT molecular complexity index is 431. The molecule has 0 saturated carbocycles. The van der Waals surface area contributed by atoms with Crippen LogP contribution in [-0.2, 0) is 0 Å². The lowest BCUT2D eigenvalue weighted by Gasteiger charge is -2.50. The molecule has 2 fully saturated rings. The van der Waals surface area contributed by atoms with Crippen molar-refractivity contribution >= 4 is 21.6 Å². The van der Waals surface area contributed by atoms with Crippen molar-refractivity contribution in [2.45, 2.75) is 50.2 Å². The van der Waals surface area contributed by atoms with Gasteiger partial charge < -0.3 is 10.2 Å². The topological polar surface area (TPSA) is 15.3 Å². The van der Waals surface area contributed by atoms with Crippen LogP contribution in [0.4, 0.5) is 10.1 Å². The predicted molar refractivity (Wildman–Crippen MR) is 80.1 cm³/mol. The standard InChI is InChI=1S/C15H20BrFN2/c1-18-10-8-11-4-2-5-12(9-10)19(11)15-13(16)6-3-7-14(15)17/h3,6-7,10-12,18H,2,4-5,8-9H2,1H3. The van der Waals surface area contributed by atoms with Crippen LogP contribution in [0.1, 0.15) is 32.1 Å². The van der Waals surface area contributed by atoms with Crippen LogP contribution >= 0.6 is 15.9 Å². The van der Waals surface area contributed by atoms with Crippen molar-refractivity contribution in [2.24, 2.45) is 0 Å². The average Bonchev–Trinajstić information content (AvgIpc) is 2.38. The second-order valence-electron chi connectivity index (χ2n) is 5.67. The zero-order valence-electron chi connectivity index (χ0n) is 11.2. The molecule has 2 nitrogen and oxygen atoms in total. The van der Waals surface area contributed by atoms with Crippen LogP contribution in [0.15, 0.2) is 22.7 Å². The molecule has 1 aromatic carbocycles. The summed E-state index contributed by atoms with van der Waals surface area (Å²) in [6, 6.07) is 6.80. The fourth-order valence-corrected chi connectivity index (χ4v) is 4.26. The lowest BCUT2D eigenvalue weighted by Crippen LogP contribution is -2.56. The van der Waals surface area contributed by atoms with E-state index in [-0.39, 0.29) is 5.82 Å². The molecule has 2 heterocycles. The second-order valence-corrected chi connectivity index (χ2v) is 6.53. The van der Waals surface area contributed by atoms with Crippen molar-refractivity contribution in [1.82, 2.24) is 5.32 Å². The highest BCUT2D eigenvalue weighted by atomic mass is 79.9. The zero-order chi connectivity index (χ0) is 13.4. The Balaban J connectivity index is 1.96. The third-order valence-electron chi connectivity index (χ3n) is 4.58. The minimum atomic E-state index is -0.103. The van der Waals surface area contributed by atoms with E-state index in [1.165, 1.54) is 19.3 Å². The predicted octanol–water partition coefficient (Wildman–Crippen LogP) is 3.70. The summed E-state index contributed by atoms with van der Waals surface area (Å²) < 4.78 is 15.1. The molecule has 2 bridgehead atoms. The SMILES string of the molecule is CNC1CC2CCCC(C1)N2c1c(F)cccc1Br. The molecule has 2 aliphatic heterocycles. The highest BCUT2D eigenvalue weighted by Gasteiger charge is 2.39. The van der Waals surface area contributed by atoms with Gasteiger partial charge in [0.25, 0.3) is 0 Å². The number of fused-ring (bicyclic) bond motifs is 2. The molecule has 0 spiro atoms. The summed E-state index contributed by atoms with van der Waals surface area (Å²) in [5, 5.41) is 3.40. The summed E-state index contributed by atoms with van der Waals surface area (Å²) >= 11 is 3.53. The van der Waals surface area contributed by atoms with E-state index in [1.54, 1.807) is 12.1 Å². The van der Waals surface area contributed by atoms with Gasteiger partial charge in [-0.2, -0.15) is 0 Å². The van der Waals surface area contributed by atoms with Gasteiger partial charge >= 0.3 is 0 Å². The number of piperidine rings is 2. The number of benzene rings is 1. The number of rotatable bonds is 2. The van der Waals surface area contributed by atoms with Gasteiger partial charge in [0.05, 0.1) is 5.69 Å². The zero-order valence-corrected chi connectivity index (χ0v) is 12.8. The van der Waals surface area contributed by atoms with E-state index in [0.29, 0.717) is 18.1 Å². The average molecular weight is 327 g/mol. The van der Waals surface area contributed by atoms with Crippen molar-refractivity contribution in [3.05, 3.63) is 28.5 Å². The quantitative estimate of drug-likeness (QED) is 0.891. The van der Waals surface area contributed by atoms with Gasteiger partial charge in [0.1, 0.15) is 5.82 Å². The minimum absolute atomic E-state index is 0.103. The Morgan fingerprint density at radius 1 is 1.26 bits per heavy atom. The molecule has 1 N–H and O–H groups in total. The molecule has 1 aromatic rings. The fourth-order valence-electron chi connectivity index (χ4n) is 3.72. The number of nitrogens with zero attached hydrogens (tertiary/aromatic N) is 1. The maximum Gasteiger partial charge on any atom is 0.147 e. The molecular weight excluding hydrogens is 307 g/mol. The van der Waals surface area contributed by atoms with E-state index >= 15 is 0 Å². The Morgan fingerprint density at radius 2 is 1.95 bits per heavy atom. The van der Waals surface area contributed by atoms with Crippen molar-refractivity contribution < 1.29 is 4.39 Å². The summed E-state index contributed by atoms with van der Waals surface area (Å²) in [5.74, 6) is -0.103. The summed E-state index contributed by atoms with van der Waals surface area (Å²) in [5.41, 5.74) is 0.770. The van der Waals surface area contributed by atoms with Crippen LogP contribution in [0.25, 0.3) is 0 Å². The molecule has 19 heavy (non-hydrogen) atoms. The van der Waals surface area contributed by atoms with Crippen molar-refractivity contribution in [3.8, 4) is 0 Å². The highest BCUT2D eigenvalue weighted by molar-refractivity contribution is 9.10. The van der Waals surface area contributed by atoms with E-state index in [4.69, 9.17) is 0 Å². The van der Waals surface area contributed by atoms with Gasteiger partial charge in [0.15, 0.2) is 0 Å². The lowest BCUT2D eigenvalue weighted by molar-refractivity contribution is 0.250. The summed E-state index contributed by atoms with van der Waals surface area (Å²) in [6.07, 6.45) is 5.86. The first-order valence-corrected chi connectivity index (χ1v) is 7.89. The third-order valence-corrected chi connectivity index (χ3v) is 5.22. The Hall–Kier alpha value is -0.610. The van der Waals surface area contributed by atoms with Gasteiger partial charge in [-0.15, -0.1) is 0 Å². The van der Waals surface area contributed by atoms with Gasteiger partial charge in [-0.05, 0) is 67.2 Å². The van der Waals surface area contributed by atoms with Gasteiger partial charge in [0.2, 0.25) is 0 Å². The van der Waals surface area contributed by atoms with Gasteiger partial charge in [-0.3, -0.25) is 0 Å². The molecule has 2 aliphatic rings. The van der Waals surface area contributed by atoms with Gasteiger partial charge in [0, 0.05) is 22.6 Å². The maximum atomic E-state index is 14.2. The van der Waals surface area contributed by atoms with Gasteiger partial charge in [-0.25, -0.2) is 4.39 Å². The van der Waals surface area contributed by atoms with Crippen molar-refractivity contribution in [2.75, 3.05) is 11.9 Å². The number of hydrogen-bond acceptors (Lipinski definition) is 2. The van der Waals surface area contributed by atoms with Crippen LogP contribution < -0.4 is 10.2 Å². The number of hydrogen-bond donors (Lipinski definition) is 1. The molecule has 4 heteroatoms. The molecule has 3 rings (SSSR count). The van der Waals surface area contributed by atoms with E-state index in [1.807, 2.05) is 13.1 Å². The smallest absolute Gasteiger partial charge is 0.147 e. The van der Waals surface area contributed by atoms with E-state index < -0.39 is 0 Å². The van der Waals surface area contributed by atoms with E-state index in [9.17, 15) is 4.39 Å². The normalized spacial score (nSPS) is 30.5. The third kappa shape index (κ3) is 2.40. The van der Waals surface area contributed by atoms with Crippen molar-refractivity contribution in [3.63, 3.8) is 0 Å². The Labute approximate surface area is 122 Å². The molecular formula is C15H20BrFN2. The molecule has 0 radical (unpaired) electrons. The molecule has 2 atom stereocenters. The summed E-state index contributed by atoms with van der Waals surface area (Å²) in [7, 11) is 2.04. The highest BCUT2D eigenvalue weighted by Crippen LogP contribution is 2.41. The molecule has 0 amide bonds. The number of para-hydroxylation sites is 1. The van der Waals surface area contributed by atoms with Crippen molar-refractivity contribution in [1.29, 1.82) is 0 Å². The van der Waals surface area contributed by atoms with Gasteiger partial charge in [-0.1, -0.05) is 6.07 Å². The molecule has 0 aliphatic carbocycles. The van der Waals surface area contributed by atoms with Crippen LogP contribution in [0.3, 0.4) is 0 Å². The Morgan fingerprint density at radius 3 is 2.53 bits per heavy atom. The Kier molecular flexibility index (Phi) is 3.81. The first-order chi connectivity index (χ1) is 9.20.